The number of fused-ring (bicyclic) bond motifs is 1. The summed E-state index contributed by atoms with van der Waals surface area (Å²) in [5.74, 6) is -1.90. The summed E-state index contributed by atoms with van der Waals surface area (Å²) in [5, 5.41) is 2.84. The molecule has 0 radical (unpaired) electrons. The number of carbonyl (C=O) groups excluding carboxylic acids is 3. The molecule has 1 aromatic rings. The van der Waals surface area contributed by atoms with E-state index >= 15 is 0 Å². The van der Waals surface area contributed by atoms with Crippen molar-refractivity contribution in [1.29, 1.82) is 0 Å². The molecule has 2 rings (SSSR count). The van der Waals surface area contributed by atoms with Crippen molar-refractivity contribution >= 4 is 17.8 Å². The van der Waals surface area contributed by atoms with Gasteiger partial charge in [0.15, 0.2) is 0 Å². The highest BCUT2D eigenvalue weighted by Gasteiger charge is 2.36. The van der Waals surface area contributed by atoms with Gasteiger partial charge in [-0.05, 0) is 71.7 Å². The van der Waals surface area contributed by atoms with E-state index in [0.29, 0.717) is 17.5 Å². The lowest BCUT2D eigenvalue weighted by Gasteiger charge is -2.34. The maximum Gasteiger partial charge on any atom is 0.311 e. The number of hydrogen-bond acceptors (Lipinski definition) is 5. The first-order chi connectivity index (χ1) is 13.3. The van der Waals surface area contributed by atoms with Crippen LogP contribution in [0.2, 0.25) is 0 Å². The Bertz CT molecular complexity index is 791. The molecular weight excluding hydrogens is 377 g/mol. The van der Waals surface area contributed by atoms with Gasteiger partial charge in [0, 0.05) is 11.5 Å². The van der Waals surface area contributed by atoms with Gasteiger partial charge in [0.05, 0.1) is 23.5 Å². The van der Waals surface area contributed by atoms with Crippen LogP contribution in [0.4, 0.5) is 4.39 Å². The molecule has 1 amide bonds. The van der Waals surface area contributed by atoms with E-state index in [1.54, 1.807) is 41.5 Å². The summed E-state index contributed by atoms with van der Waals surface area (Å²) in [6.45, 7) is 10.6. The molecule has 0 unspecified atom stereocenters. The molecule has 1 N–H and O–H groups in total. The van der Waals surface area contributed by atoms with E-state index in [4.69, 9.17) is 9.47 Å². The first-order valence-electron chi connectivity index (χ1n) is 9.75. The molecule has 6 nitrogen and oxygen atoms in total. The van der Waals surface area contributed by atoms with E-state index < -0.39 is 28.7 Å². The van der Waals surface area contributed by atoms with Gasteiger partial charge in [0.1, 0.15) is 12.4 Å². The molecule has 0 bridgehead atoms. The van der Waals surface area contributed by atoms with E-state index in [2.05, 4.69) is 5.32 Å². The van der Waals surface area contributed by atoms with Crippen molar-refractivity contribution in [1.82, 2.24) is 5.32 Å². The normalized spacial score (nSPS) is 19.2. The van der Waals surface area contributed by atoms with Crippen LogP contribution in [-0.2, 0) is 19.1 Å². The van der Waals surface area contributed by atoms with E-state index in [-0.39, 0.29) is 31.0 Å². The Balaban J connectivity index is 2.20. The second kappa shape index (κ2) is 8.51. The number of ether oxygens (including phenoxy) is 2. The molecule has 1 heterocycles. The van der Waals surface area contributed by atoms with Crippen molar-refractivity contribution in [3.63, 3.8) is 0 Å². The Morgan fingerprint density at radius 2 is 1.62 bits per heavy atom. The molecule has 1 aliphatic rings. The summed E-state index contributed by atoms with van der Waals surface area (Å²) >= 11 is 0. The first-order valence-corrected chi connectivity index (χ1v) is 9.75. The Kier molecular flexibility index (Phi) is 6.71. The van der Waals surface area contributed by atoms with Gasteiger partial charge < -0.3 is 14.8 Å². The summed E-state index contributed by atoms with van der Waals surface area (Å²) < 4.78 is 24.6. The Morgan fingerprint density at radius 1 is 1.03 bits per heavy atom. The third-order valence-corrected chi connectivity index (χ3v) is 4.74. The number of hydrogen-bond donors (Lipinski definition) is 1. The van der Waals surface area contributed by atoms with Crippen LogP contribution in [0.3, 0.4) is 0 Å². The van der Waals surface area contributed by atoms with Gasteiger partial charge in [0.2, 0.25) is 0 Å². The van der Waals surface area contributed by atoms with Gasteiger partial charge >= 0.3 is 11.9 Å². The molecule has 0 saturated heterocycles. The highest BCUT2D eigenvalue weighted by atomic mass is 19.1. The van der Waals surface area contributed by atoms with Crippen LogP contribution in [0, 0.1) is 16.6 Å². The highest BCUT2D eigenvalue weighted by molar-refractivity contribution is 5.97. The maximum atomic E-state index is 13.9. The summed E-state index contributed by atoms with van der Waals surface area (Å²) in [6.07, 6.45) is 0.357. The van der Waals surface area contributed by atoms with Crippen LogP contribution in [-0.4, -0.2) is 37.1 Å². The molecule has 0 aliphatic carbocycles. The number of amides is 1. The predicted octanol–water partition coefficient (Wildman–Crippen LogP) is 3.59. The topological polar surface area (TPSA) is 81.7 Å². The number of esters is 2. The minimum absolute atomic E-state index is 0.0460. The van der Waals surface area contributed by atoms with Crippen LogP contribution < -0.4 is 5.32 Å². The molecule has 29 heavy (non-hydrogen) atoms. The minimum atomic E-state index is -0.680. The van der Waals surface area contributed by atoms with E-state index in [1.165, 1.54) is 18.2 Å². The highest BCUT2D eigenvalue weighted by Crippen LogP contribution is 2.32. The molecule has 1 aliphatic heterocycles. The monoisotopic (exact) mass is 407 g/mol. The largest absolute Gasteiger partial charge is 0.465 e. The van der Waals surface area contributed by atoms with Crippen molar-refractivity contribution in [3.05, 3.63) is 35.1 Å². The molecule has 1 aromatic carbocycles. The molecule has 7 heteroatoms. The quantitative estimate of drug-likeness (QED) is 0.755. The smallest absolute Gasteiger partial charge is 0.311 e. The predicted molar refractivity (Wildman–Crippen MR) is 106 cm³/mol. The second-order valence-electron chi connectivity index (χ2n) is 9.44. The second-order valence-corrected chi connectivity index (χ2v) is 9.44. The van der Waals surface area contributed by atoms with Crippen LogP contribution in [0.5, 0.6) is 0 Å². The summed E-state index contributed by atoms with van der Waals surface area (Å²) in [6, 6.07) is 3.44. The Labute approximate surface area is 171 Å². The van der Waals surface area contributed by atoms with Gasteiger partial charge in [-0.15, -0.1) is 0 Å². The van der Waals surface area contributed by atoms with Crippen molar-refractivity contribution in [2.75, 3.05) is 13.2 Å². The van der Waals surface area contributed by atoms with E-state index in [9.17, 15) is 18.8 Å². The average molecular weight is 407 g/mol. The molecule has 0 saturated carbocycles. The summed E-state index contributed by atoms with van der Waals surface area (Å²) in [7, 11) is 0. The molecular formula is C22H30FNO5. The summed E-state index contributed by atoms with van der Waals surface area (Å²) in [5.41, 5.74) is -0.415. The zero-order valence-corrected chi connectivity index (χ0v) is 17.9. The number of nitrogens with one attached hydrogen (secondary N) is 1. The number of halogens is 1. The van der Waals surface area contributed by atoms with Crippen molar-refractivity contribution < 1.29 is 28.2 Å². The van der Waals surface area contributed by atoms with E-state index in [0.717, 1.165) is 0 Å². The maximum absolute atomic E-state index is 13.9. The van der Waals surface area contributed by atoms with E-state index in [1.807, 2.05) is 0 Å². The lowest BCUT2D eigenvalue weighted by atomic mass is 9.82. The van der Waals surface area contributed by atoms with Gasteiger partial charge in [-0.3, -0.25) is 14.4 Å². The standard InChI is InChI=1S/C22H30FNO5/c1-21(2,3)19(26)28-10-9-14-16-11-13(23)7-8-15(16)18(25)24-17(14)12-29-20(27)22(4,5)6/h7-8,11,14,17H,9-10,12H2,1-6H3,(H,24,25)/t14-,17+/m1/s1. The third-order valence-electron chi connectivity index (χ3n) is 4.74. The van der Waals surface area contributed by atoms with Gasteiger partial charge in [-0.25, -0.2) is 4.39 Å². The Hall–Kier alpha value is -2.44. The van der Waals surface area contributed by atoms with Gasteiger partial charge in [-0.2, -0.15) is 0 Å². The average Bonchev–Trinajstić information content (AvgIpc) is 2.59. The van der Waals surface area contributed by atoms with Crippen LogP contribution in [0.1, 0.15) is 69.8 Å². The molecule has 0 aromatic heterocycles. The third kappa shape index (κ3) is 5.78. The van der Waals surface area contributed by atoms with Crippen molar-refractivity contribution in [2.45, 2.75) is 59.9 Å². The zero-order chi connectivity index (χ0) is 22.0. The SMILES string of the molecule is CC(C)(C)C(=O)OCC[C@@H]1c2cc(F)ccc2C(=O)N[C@H]1COC(=O)C(C)(C)C. The van der Waals surface area contributed by atoms with Gasteiger partial charge in [-0.1, -0.05) is 0 Å². The lowest BCUT2D eigenvalue weighted by molar-refractivity contribution is -0.153. The zero-order valence-electron chi connectivity index (χ0n) is 17.9. The van der Waals surface area contributed by atoms with Crippen molar-refractivity contribution in [2.24, 2.45) is 10.8 Å². The minimum Gasteiger partial charge on any atom is -0.465 e. The first kappa shape index (κ1) is 22.8. The van der Waals surface area contributed by atoms with Crippen molar-refractivity contribution in [3.8, 4) is 0 Å². The number of rotatable bonds is 5. The molecule has 160 valence electrons. The molecule has 0 spiro atoms. The Morgan fingerprint density at radius 3 is 2.21 bits per heavy atom. The van der Waals surface area contributed by atoms with Crippen LogP contribution in [0.15, 0.2) is 18.2 Å². The molecule has 2 atom stereocenters. The molecule has 0 fully saturated rings. The number of benzene rings is 1. The van der Waals surface area contributed by atoms with Crippen LogP contribution in [0.25, 0.3) is 0 Å². The fourth-order valence-electron chi connectivity index (χ4n) is 3.00. The fourth-order valence-corrected chi connectivity index (χ4v) is 3.00. The fraction of sp³-hybridized carbons (Fsp3) is 0.591. The van der Waals surface area contributed by atoms with Crippen LogP contribution >= 0.6 is 0 Å². The van der Waals surface area contributed by atoms with Gasteiger partial charge in [0.25, 0.3) is 5.91 Å². The number of carbonyl (C=O) groups is 3. The lowest BCUT2D eigenvalue weighted by Crippen LogP contribution is -2.48. The summed E-state index contributed by atoms with van der Waals surface area (Å²) in [4.78, 5) is 36.6.